The number of halogens is 2. The summed E-state index contributed by atoms with van der Waals surface area (Å²) in [5.41, 5.74) is 1.22. The van der Waals surface area contributed by atoms with Gasteiger partial charge in [-0.25, -0.2) is 22.6 Å². The van der Waals surface area contributed by atoms with Crippen molar-refractivity contribution in [2.45, 2.75) is 11.4 Å². The van der Waals surface area contributed by atoms with Gasteiger partial charge < -0.3 is 10.1 Å². The van der Waals surface area contributed by atoms with Crippen LogP contribution in [0.25, 0.3) is 0 Å². The van der Waals surface area contributed by atoms with Gasteiger partial charge in [0.1, 0.15) is 22.3 Å². The molecular formula is C20H15BrFN5O4S. The summed E-state index contributed by atoms with van der Waals surface area (Å²) in [6.07, 6.45) is 1.54. The Hall–Kier alpha value is -3.25. The number of fused-ring (bicyclic) bond motifs is 2. The first-order chi connectivity index (χ1) is 15.2. The lowest BCUT2D eigenvalue weighted by Crippen LogP contribution is -2.46. The number of hydrogen-bond acceptors (Lipinski definition) is 7. The number of para-hydroxylation sites is 1. The number of carbonyl (C=O) groups is 1. The Morgan fingerprint density at radius 1 is 1.25 bits per heavy atom. The smallest absolute Gasteiger partial charge is 0.330 e. The molecule has 0 aliphatic carbocycles. The van der Waals surface area contributed by atoms with Crippen molar-refractivity contribution in [2.75, 3.05) is 28.1 Å². The molecule has 0 atom stereocenters. The second-order valence-corrected chi connectivity index (χ2v) is 9.96. The summed E-state index contributed by atoms with van der Waals surface area (Å²) in [6, 6.07) is 8.70. The molecule has 5 rings (SSSR count). The summed E-state index contributed by atoms with van der Waals surface area (Å²) in [4.78, 5) is 24.4. The molecular weight excluding hydrogens is 505 g/mol. The third-order valence-electron chi connectivity index (χ3n) is 5.12. The molecule has 12 heteroatoms. The zero-order valence-corrected chi connectivity index (χ0v) is 18.9. The maximum atomic E-state index is 14.4. The van der Waals surface area contributed by atoms with Crippen LogP contribution in [0, 0.1) is 5.82 Å². The molecule has 9 nitrogen and oxygen atoms in total. The quantitative estimate of drug-likeness (QED) is 0.560. The van der Waals surface area contributed by atoms with Crippen molar-refractivity contribution in [1.29, 1.82) is 0 Å². The first-order valence-electron chi connectivity index (χ1n) is 9.36. The molecule has 2 aromatic carbocycles. The van der Waals surface area contributed by atoms with Crippen molar-refractivity contribution in [3.05, 3.63) is 58.4 Å². The second-order valence-electron chi connectivity index (χ2n) is 7.20. The molecule has 2 aliphatic rings. The predicted octanol–water partition coefficient (Wildman–Crippen LogP) is 3.82. The molecule has 0 bridgehead atoms. The zero-order chi connectivity index (χ0) is 22.6. The van der Waals surface area contributed by atoms with Crippen molar-refractivity contribution < 1.29 is 22.3 Å². The number of nitrogens with one attached hydrogen (secondary N) is 1. The molecule has 32 heavy (non-hydrogen) atoms. The molecule has 3 aromatic rings. The molecule has 1 N–H and O–H groups in total. The summed E-state index contributed by atoms with van der Waals surface area (Å²) in [5.74, 6) is -0.0673. The molecule has 0 saturated carbocycles. The van der Waals surface area contributed by atoms with E-state index in [4.69, 9.17) is 4.74 Å². The van der Waals surface area contributed by atoms with E-state index in [9.17, 15) is 17.6 Å². The highest BCUT2D eigenvalue weighted by Crippen LogP contribution is 2.37. The van der Waals surface area contributed by atoms with Crippen LogP contribution in [0.5, 0.6) is 5.75 Å². The van der Waals surface area contributed by atoms with Crippen LogP contribution in [0.15, 0.2) is 52.0 Å². The number of rotatable bonds is 3. The number of benzene rings is 2. The third-order valence-corrected chi connectivity index (χ3v) is 7.17. The van der Waals surface area contributed by atoms with Crippen LogP contribution < -0.4 is 19.9 Å². The van der Waals surface area contributed by atoms with Gasteiger partial charge in [0.15, 0.2) is 5.94 Å². The molecule has 0 radical (unpaired) electrons. The highest BCUT2D eigenvalue weighted by Gasteiger charge is 2.33. The number of anilines is 4. The Balaban J connectivity index is 1.46. The molecule has 2 amide bonds. The van der Waals surface area contributed by atoms with E-state index in [1.54, 1.807) is 30.5 Å². The summed E-state index contributed by atoms with van der Waals surface area (Å²) in [6.45, 7) is 0.0900. The van der Waals surface area contributed by atoms with Gasteiger partial charge in [0, 0.05) is 29.0 Å². The number of carbonyl (C=O) groups excluding carboxylic acids is 1. The molecule has 1 aromatic heterocycles. The number of sulfone groups is 1. The number of ether oxygens (including phenoxy) is 1. The fourth-order valence-corrected chi connectivity index (χ4v) is 5.28. The Bertz CT molecular complexity index is 1360. The first kappa shape index (κ1) is 20.6. The van der Waals surface area contributed by atoms with Crippen molar-refractivity contribution in [3.63, 3.8) is 0 Å². The van der Waals surface area contributed by atoms with Gasteiger partial charge in [-0.1, -0.05) is 6.07 Å². The SMILES string of the molecule is CN1C(=O)N(c2c(F)cccc2Br)Cc2cnc(Nc3ccc4c(c3)S(=O)(=O)CO4)nc21. The summed E-state index contributed by atoms with van der Waals surface area (Å²) in [7, 11) is -1.95. The highest BCUT2D eigenvalue weighted by atomic mass is 79.9. The minimum atomic E-state index is -3.49. The average Bonchev–Trinajstić information content (AvgIpc) is 3.06. The second kappa shape index (κ2) is 7.41. The molecule has 164 valence electrons. The van der Waals surface area contributed by atoms with Crippen molar-refractivity contribution >= 4 is 54.9 Å². The van der Waals surface area contributed by atoms with E-state index >= 15 is 0 Å². The number of urea groups is 1. The fraction of sp³-hybridized carbons (Fsp3) is 0.150. The van der Waals surface area contributed by atoms with Crippen LogP contribution >= 0.6 is 15.9 Å². The number of hydrogen-bond donors (Lipinski definition) is 1. The van der Waals surface area contributed by atoms with Gasteiger partial charge in [-0.05, 0) is 46.3 Å². The maximum absolute atomic E-state index is 14.4. The lowest BCUT2D eigenvalue weighted by atomic mass is 10.2. The molecule has 3 heterocycles. The van der Waals surface area contributed by atoms with Crippen molar-refractivity contribution in [3.8, 4) is 5.75 Å². The Kier molecular flexibility index (Phi) is 4.78. The summed E-state index contributed by atoms with van der Waals surface area (Å²) < 4.78 is 44.2. The highest BCUT2D eigenvalue weighted by molar-refractivity contribution is 9.10. The Morgan fingerprint density at radius 3 is 2.84 bits per heavy atom. The lowest BCUT2D eigenvalue weighted by Gasteiger charge is -2.34. The van der Waals surface area contributed by atoms with E-state index in [1.165, 1.54) is 29.0 Å². The molecule has 0 fully saturated rings. The predicted molar refractivity (Wildman–Crippen MR) is 119 cm³/mol. The maximum Gasteiger partial charge on any atom is 0.330 e. The third kappa shape index (κ3) is 3.35. The van der Waals surface area contributed by atoms with Crippen LogP contribution in [-0.2, 0) is 16.4 Å². The summed E-state index contributed by atoms with van der Waals surface area (Å²) >= 11 is 3.30. The van der Waals surface area contributed by atoms with Crippen LogP contribution in [0.4, 0.5) is 32.3 Å². The van der Waals surface area contributed by atoms with Gasteiger partial charge >= 0.3 is 6.03 Å². The van der Waals surface area contributed by atoms with Crippen molar-refractivity contribution in [1.82, 2.24) is 9.97 Å². The van der Waals surface area contributed by atoms with Crippen LogP contribution in [0.2, 0.25) is 0 Å². The van der Waals surface area contributed by atoms with Crippen LogP contribution in [0.3, 0.4) is 0 Å². The van der Waals surface area contributed by atoms with Gasteiger partial charge in [0.2, 0.25) is 15.8 Å². The Labute approximate surface area is 190 Å². The zero-order valence-electron chi connectivity index (χ0n) is 16.5. The van der Waals surface area contributed by atoms with E-state index in [2.05, 4.69) is 31.2 Å². The first-order valence-corrected chi connectivity index (χ1v) is 11.8. The fourth-order valence-electron chi connectivity index (χ4n) is 3.57. The molecule has 0 saturated heterocycles. The van der Waals surface area contributed by atoms with E-state index in [1.807, 2.05) is 0 Å². The normalized spacial score (nSPS) is 16.4. The monoisotopic (exact) mass is 519 g/mol. The average molecular weight is 520 g/mol. The van der Waals surface area contributed by atoms with Crippen LogP contribution in [0.1, 0.15) is 5.56 Å². The van der Waals surface area contributed by atoms with Gasteiger partial charge in [-0.3, -0.25) is 9.80 Å². The van der Waals surface area contributed by atoms with E-state index in [0.29, 0.717) is 27.3 Å². The molecule has 0 spiro atoms. The number of aromatic nitrogens is 2. The van der Waals surface area contributed by atoms with Crippen LogP contribution in [-0.4, -0.2) is 37.4 Å². The largest absolute Gasteiger partial charge is 0.476 e. The molecule has 2 aliphatic heterocycles. The minimum Gasteiger partial charge on any atom is -0.476 e. The molecule has 0 unspecified atom stereocenters. The van der Waals surface area contributed by atoms with Gasteiger partial charge in [-0.15, -0.1) is 0 Å². The van der Waals surface area contributed by atoms with E-state index in [-0.39, 0.29) is 29.0 Å². The number of nitrogens with zero attached hydrogens (tertiary/aromatic N) is 4. The van der Waals surface area contributed by atoms with E-state index in [0.717, 1.165) is 0 Å². The minimum absolute atomic E-state index is 0.0900. The summed E-state index contributed by atoms with van der Waals surface area (Å²) in [5, 5.41) is 2.96. The Morgan fingerprint density at radius 2 is 2.06 bits per heavy atom. The standard InChI is InChI=1S/C20H15BrFN5O4S/c1-26-18-11(9-27(20(26)28)17-13(21)3-2-4-14(17)22)8-23-19(25-18)24-12-5-6-15-16(7-12)32(29,30)10-31-15/h2-8H,9-10H2,1H3,(H,23,24,25). The van der Waals surface area contributed by atoms with Crippen molar-refractivity contribution in [2.24, 2.45) is 0 Å². The van der Waals surface area contributed by atoms with Gasteiger partial charge in [0.25, 0.3) is 0 Å². The van der Waals surface area contributed by atoms with Gasteiger partial charge in [0.05, 0.1) is 12.2 Å². The van der Waals surface area contributed by atoms with E-state index < -0.39 is 21.7 Å². The topological polar surface area (TPSA) is 105 Å². The lowest BCUT2D eigenvalue weighted by molar-refractivity contribution is 0.251. The number of amides is 2. The van der Waals surface area contributed by atoms with Gasteiger partial charge in [-0.2, -0.15) is 4.98 Å².